The van der Waals surface area contributed by atoms with E-state index >= 15 is 0 Å². The maximum Gasteiger partial charge on any atom is 0.123 e. The van der Waals surface area contributed by atoms with Crippen LogP contribution in [-0.4, -0.2) is 27.7 Å². The van der Waals surface area contributed by atoms with Crippen LogP contribution < -0.4 is 0 Å². The number of likely N-dealkylation sites (tertiary alicyclic amines) is 1. The van der Waals surface area contributed by atoms with Gasteiger partial charge in [-0.3, -0.25) is 4.90 Å². The average Bonchev–Trinajstić information content (AvgIpc) is 3.03. The number of aliphatic hydroxyl groups is 2. The van der Waals surface area contributed by atoms with Crippen molar-refractivity contribution in [2.45, 2.75) is 44.6 Å². The lowest BCUT2D eigenvalue weighted by molar-refractivity contribution is 0.118. The lowest BCUT2D eigenvalue weighted by Crippen LogP contribution is -2.30. The Hall–Kier alpha value is -1.75. The largest absolute Gasteiger partial charge is 0.392 e. The smallest absolute Gasteiger partial charge is 0.123 e. The number of halogens is 1. The maximum atomic E-state index is 13.0. The van der Waals surface area contributed by atoms with Gasteiger partial charge < -0.3 is 10.2 Å². The first kappa shape index (κ1) is 17.1. The molecule has 1 aliphatic heterocycles. The monoisotopic (exact) mass is 329 g/mol. The van der Waals surface area contributed by atoms with Gasteiger partial charge in [0.2, 0.25) is 0 Å². The molecular weight excluding hydrogens is 305 g/mol. The van der Waals surface area contributed by atoms with Gasteiger partial charge in [-0.1, -0.05) is 36.4 Å². The van der Waals surface area contributed by atoms with E-state index in [2.05, 4.69) is 17.0 Å². The van der Waals surface area contributed by atoms with Gasteiger partial charge in [0.25, 0.3) is 0 Å². The molecule has 1 fully saturated rings. The van der Waals surface area contributed by atoms with Gasteiger partial charge in [-0.25, -0.2) is 4.39 Å². The van der Waals surface area contributed by atoms with E-state index in [4.69, 9.17) is 5.11 Å². The molecule has 2 aromatic rings. The third-order valence-electron chi connectivity index (χ3n) is 4.84. The zero-order valence-corrected chi connectivity index (χ0v) is 13.7. The van der Waals surface area contributed by atoms with E-state index in [-0.39, 0.29) is 12.4 Å². The van der Waals surface area contributed by atoms with Crippen LogP contribution in [0.3, 0.4) is 0 Å². The van der Waals surface area contributed by atoms with E-state index < -0.39 is 6.10 Å². The molecule has 0 saturated carbocycles. The van der Waals surface area contributed by atoms with Gasteiger partial charge in [0, 0.05) is 12.6 Å². The van der Waals surface area contributed by atoms with Crippen LogP contribution in [-0.2, 0) is 13.2 Å². The first-order valence-corrected chi connectivity index (χ1v) is 8.52. The van der Waals surface area contributed by atoms with E-state index in [1.807, 2.05) is 12.1 Å². The standard InChI is InChI=1S/C20H24FNO2/c21-18-9-7-17(8-10-18)20(24)12-19-2-1-11-22(19)13-15-3-5-16(14-23)6-4-15/h3-10,19-20,23-24H,1-2,11-14H2/t19-,20+/m1/s1. The minimum absolute atomic E-state index is 0.0660. The Morgan fingerprint density at radius 1 is 1.04 bits per heavy atom. The molecule has 2 N–H and O–H groups in total. The van der Waals surface area contributed by atoms with Crippen LogP contribution in [0.4, 0.5) is 4.39 Å². The molecule has 0 radical (unpaired) electrons. The zero-order chi connectivity index (χ0) is 16.9. The summed E-state index contributed by atoms with van der Waals surface area (Å²) in [6, 6.07) is 14.5. The highest BCUT2D eigenvalue weighted by atomic mass is 19.1. The van der Waals surface area contributed by atoms with Gasteiger partial charge in [0.15, 0.2) is 0 Å². The third kappa shape index (κ3) is 4.20. The van der Waals surface area contributed by atoms with E-state index in [0.29, 0.717) is 12.5 Å². The second-order valence-electron chi connectivity index (χ2n) is 6.54. The average molecular weight is 329 g/mol. The molecule has 1 heterocycles. The fourth-order valence-electron chi connectivity index (χ4n) is 3.43. The van der Waals surface area contributed by atoms with Crippen molar-refractivity contribution >= 4 is 0 Å². The summed E-state index contributed by atoms with van der Waals surface area (Å²) in [5, 5.41) is 19.6. The van der Waals surface area contributed by atoms with Crippen LogP contribution in [0.15, 0.2) is 48.5 Å². The highest BCUT2D eigenvalue weighted by Crippen LogP contribution is 2.28. The first-order chi connectivity index (χ1) is 11.7. The summed E-state index contributed by atoms with van der Waals surface area (Å²) in [6.07, 6.45) is 2.32. The third-order valence-corrected chi connectivity index (χ3v) is 4.84. The van der Waals surface area contributed by atoms with Crippen molar-refractivity contribution < 1.29 is 14.6 Å². The summed E-state index contributed by atoms with van der Waals surface area (Å²) in [6.45, 7) is 1.95. The number of benzene rings is 2. The summed E-state index contributed by atoms with van der Waals surface area (Å²) < 4.78 is 13.0. The van der Waals surface area contributed by atoms with Crippen molar-refractivity contribution in [3.05, 3.63) is 71.0 Å². The number of aliphatic hydroxyl groups excluding tert-OH is 2. The van der Waals surface area contributed by atoms with Crippen LogP contribution in [0.25, 0.3) is 0 Å². The fourth-order valence-corrected chi connectivity index (χ4v) is 3.43. The molecule has 0 spiro atoms. The molecule has 24 heavy (non-hydrogen) atoms. The molecule has 3 nitrogen and oxygen atoms in total. The van der Waals surface area contributed by atoms with Gasteiger partial charge in [-0.05, 0) is 54.6 Å². The van der Waals surface area contributed by atoms with Crippen molar-refractivity contribution in [3.8, 4) is 0 Å². The van der Waals surface area contributed by atoms with Crippen molar-refractivity contribution in [2.24, 2.45) is 0 Å². The molecule has 0 amide bonds. The summed E-state index contributed by atoms with van der Waals surface area (Å²) in [7, 11) is 0. The maximum absolute atomic E-state index is 13.0. The molecule has 2 aromatic carbocycles. The summed E-state index contributed by atoms with van der Waals surface area (Å²) in [5.74, 6) is -0.278. The molecule has 1 aliphatic rings. The van der Waals surface area contributed by atoms with E-state index in [9.17, 15) is 9.50 Å². The molecule has 4 heteroatoms. The molecule has 0 aliphatic carbocycles. The Morgan fingerprint density at radius 2 is 1.71 bits per heavy atom. The Morgan fingerprint density at radius 3 is 2.38 bits per heavy atom. The molecule has 128 valence electrons. The zero-order valence-electron chi connectivity index (χ0n) is 13.7. The van der Waals surface area contributed by atoms with Crippen LogP contribution in [0.5, 0.6) is 0 Å². The van der Waals surface area contributed by atoms with E-state index in [1.165, 1.54) is 17.7 Å². The van der Waals surface area contributed by atoms with Crippen molar-refractivity contribution in [1.29, 1.82) is 0 Å². The molecule has 0 bridgehead atoms. The Bertz CT molecular complexity index is 642. The van der Waals surface area contributed by atoms with E-state index in [1.54, 1.807) is 12.1 Å². The molecule has 0 aromatic heterocycles. The predicted molar refractivity (Wildman–Crippen MR) is 91.8 cm³/mol. The second kappa shape index (κ2) is 7.88. The number of rotatable bonds is 6. The van der Waals surface area contributed by atoms with Crippen molar-refractivity contribution in [2.75, 3.05) is 6.54 Å². The predicted octanol–water partition coefficient (Wildman–Crippen LogP) is 3.41. The summed E-state index contributed by atoms with van der Waals surface area (Å²) in [4.78, 5) is 2.40. The van der Waals surface area contributed by atoms with Crippen molar-refractivity contribution in [3.63, 3.8) is 0 Å². The van der Waals surface area contributed by atoms with Gasteiger partial charge >= 0.3 is 0 Å². The highest BCUT2D eigenvalue weighted by molar-refractivity contribution is 5.22. The summed E-state index contributed by atoms with van der Waals surface area (Å²) >= 11 is 0. The molecule has 2 atom stereocenters. The number of hydrogen-bond acceptors (Lipinski definition) is 3. The Balaban J connectivity index is 1.61. The normalized spacial score (nSPS) is 19.5. The van der Waals surface area contributed by atoms with E-state index in [0.717, 1.165) is 37.1 Å². The Kier molecular flexibility index (Phi) is 5.61. The molecule has 0 unspecified atom stereocenters. The molecule has 3 rings (SSSR count). The fraction of sp³-hybridized carbons (Fsp3) is 0.400. The van der Waals surface area contributed by atoms with Crippen LogP contribution in [0.2, 0.25) is 0 Å². The molecular formula is C20H24FNO2. The lowest BCUT2D eigenvalue weighted by Gasteiger charge is -2.26. The van der Waals surface area contributed by atoms with Crippen LogP contribution >= 0.6 is 0 Å². The van der Waals surface area contributed by atoms with Crippen LogP contribution in [0.1, 0.15) is 42.1 Å². The Labute approximate surface area is 142 Å². The molecule has 1 saturated heterocycles. The topological polar surface area (TPSA) is 43.7 Å². The van der Waals surface area contributed by atoms with Gasteiger partial charge in [-0.2, -0.15) is 0 Å². The van der Waals surface area contributed by atoms with Crippen LogP contribution in [0, 0.1) is 5.82 Å². The number of hydrogen-bond donors (Lipinski definition) is 2. The number of nitrogens with zero attached hydrogens (tertiary/aromatic N) is 1. The lowest BCUT2D eigenvalue weighted by atomic mass is 10.00. The minimum atomic E-state index is -0.562. The van der Waals surface area contributed by atoms with Gasteiger partial charge in [-0.15, -0.1) is 0 Å². The minimum Gasteiger partial charge on any atom is -0.392 e. The first-order valence-electron chi connectivity index (χ1n) is 8.52. The van der Waals surface area contributed by atoms with Crippen molar-refractivity contribution in [1.82, 2.24) is 4.90 Å². The highest BCUT2D eigenvalue weighted by Gasteiger charge is 2.27. The SMILES string of the molecule is OCc1ccc(CN2CCC[C@@H]2C[C@H](O)c2ccc(F)cc2)cc1. The quantitative estimate of drug-likeness (QED) is 0.853. The van der Waals surface area contributed by atoms with Gasteiger partial charge in [0.05, 0.1) is 12.7 Å². The second-order valence-corrected chi connectivity index (χ2v) is 6.54. The summed E-state index contributed by atoms with van der Waals surface area (Å²) in [5.41, 5.74) is 2.91. The van der Waals surface area contributed by atoms with Gasteiger partial charge in [0.1, 0.15) is 5.82 Å².